The van der Waals surface area contributed by atoms with Gasteiger partial charge in [-0.3, -0.25) is 4.79 Å². The van der Waals surface area contributed by atoms with Crippen LogP contribution < -0.4 is 10.1 Å². The number of nitrogens with zero attached hydrogens (tertiary/aromatic N) is 1. The first-order valence-electron chi connectivity index (χ1n) is 8.23. The number of hydrogen-bond acceptors (Lipinski definition) is 4. The van der Waals surface area contributed by atoms with E-state index in [0.717, 1.165) is 44.8 Å². The van der Waals surface area contributed by atoms with Gasteiger partial charge in [0.1, 0.15) is 11.9 Å². The molecule has 1 aromatic carbocycles. The largest absolute Gasteiger partial charge is 0.489 e. The second kappa shape index (κ2) is 9.47. The number of piperidine rings is 1. The van der Waals surface area contributed by atoms with Crippen molar-refractivity contribution in [2.45, 2.75) is 31.5 Å². The van der Waals surface area contributed by atoms with Gasteiger partial charge < -0.3 is 19.7 Å². The second-order valence-corrected chi connectivity index (χ2v) is 6.44. The Morgan fingerprint density at radius 2 is 2.08 bits per heavy atom. The fraction of sp³-hybridized carbons (Fsp3) is 0.588. The third-order valence-electron chi connectivity index (χ3n) is 4.33. The van der Waals surface area contributed by atoms with E-state index in [1.54, 1.807) is 0 Å². The van der Waals surface area contributed by atoms with Crippen molar-refractivity contribution in [1.29, 1.82) is 0 Å². The Bertz CT molecular complexity index is 530. The van der Waals surface area contributed by atoms with Crippen LogP contribution >= 0.6 is 24.0 Å². The first-order chi connectivity index (χ1) is 11.2. The lowest BCUT2D eigenvalue weighted by atomic mass is 10.1. The molecule has 7 heteroatoms. The molecule has 2 aliphatic rings. The number of morpholine rings is 1. The molecule has 0 saturated carbocycles. The number of likely N-dealkylation sites (tertiary alicyclic amines) is 1. The van der Waals surface area contributed by atoms with Crippen LogP contribution in [0.2, 0.25) is 5.02 Å². The number of halogens is 2. The molecule has 24 heavy (non-hydrogen) atoms. The molecule has 2 saturated heterocycles. The zero-order valence-corrected chi connectivity index (χ0v) is 15.2. The van der Waals surface area contributed by atoms with Crippen LogP contribution in [-0.2, 0) is 9.53 Å². The van der Waals surface area contributed by atoms with E-state index in [2.05, 4.69) is 5.32 Å². The summed E-state index contributed by atoms with van der Waals surface area (Å²) in [5.74, 6) is 0.899. The topological polar surface area (TPSA) is 50.8 Å². The van der Waals surface area contributed by atoms with Gasteiger partial charge in [-0.05, 0) is 12.1 Å². The lowest BCUT2D eigenvalue weighted by molar-refractivity contribution is -0.136. The van der Waals surface area contributed by atoms with Crippen LogP contribution in [0, 0.1) is 0 Å². The van der Waals surface area contributed by atoms with Crippen LogP contribution in [0.4, 0.5) is 0 Å². The highest BCUT2D eigenvalue weighted by Gasteiger charge is 2.26. The molecule has 134 valence electrons. The molecule has 1 N–H and O–H groups in total. The van der Waals surface area contributed by atoms with Crippen molar-refractivity contribution in [2.75, 3.05) is 32.8 Å². The number of ether oxygens (including phenoxy) is 2. The molecule has 2 heterocycles. The SMILES string of the molecule is Cl.O=C(CC1CNCCO1)N1CCC(Oc2ccccc2Cl)CC1. The molecule has 1 amide bonds. The van der Waals surface area contributed by atoms with Crippen molar-refractivity contribution in [1.82, 2.24) is 10.2 Å². The van der Waals surface area contributed by atoms with Gasteiger partial charge in [0, 0.05) is 39.0 Å². The van der Waals surface area contributed by atoms with Crippen LogP contribution in [0.1, 0.15) is 19.3 Å². The lowest BCUT2D eigenvalue weighted by Gasteiger charge is -2.33. The summed E-state index contributed by atoms with van der Waals surface area (Å²) in [5, 5.41) is 3.89. The van der Waals surface area contributed by atoms with Crippen molar-refractivity contribution in [3.63, 3.8) is 0 Å². The highest BCUT2D eigenvalue weighted by atomic mass is 35.5. The van der Waals surface area contributed by atoms with Gasteiger partial charge in [-0.25, -0.2) is 0 Å². The summed E-state index contributed by atoms with van der Waals surface area (Å²) >= 11 is 6.12. The smallest absolute Gasteiger partial charge is 0.225 e. The van der Waals surface area contributed by atoms with E-state index >= 15 is 0 Å². The van der Waals surface area contributed by atoms with Crippen LogP contribution in [-0.4, -0.2) is 55.8 Å². The summed E-state index contributed by atoms with van der Waals surface area (Å²) in [5.41, 5.74) is 0. The van der Waals surface area contributed by atoms with Crippen molar-refractivity contribution in [2.24, 2.45) is 0 Å². The summed E-state index contributed by atoms with van der Waals surface area (Å²) in [7, 11) is 0. The van der Waals surface area contributed by atoms with E-state index < -0.39 is 0 Å². The highest BCUT2D eigenvalue weighted by Crippen LogP contribution is 2.27. The number of nitrogens with one attached hydrogen (secondary N) is 1. The van der Waals surface area contributed by atoms with E-state index in [-0.39, 0.29) is 30.5 Å². The molecule has 5 nitrogen and oxygen atoms in total. The van der Waals surface area contributed by atoms with Crippen molar-refractivity contribution in [3.05, 3.63) is 29.3 Å². The number of rotatable bonds is 4. The third-order valence-corrected chi connectivity index (χ3v) is 4.64. The minimum atomic E-state index is 0. The first kappa shape index (κ1) is 19.3. The van der Waals surface area contributed by atoms with Gasteiger partial charge >= 0.3 is 0 Å². The quantitative estimate of drug-likeness (QED) is 0.879. The normalized spacial score (nSPS) is 21.9. The first-order valence-corrected chi connectivity index (χ1v) is 8.61. The zero-order chi connectivity index (χ0) is 16.1. The van der Waals surface area contributed by atoms with E-state index in [1.165, 1.54) is 0 Å². The molecule has 2 fully saturated rings. The number of hydrogen-bond donors (Lipinski definition) is 1. The maximum atomic E-state index is 12.3. The van der Waals surface area contributed by atoms with Gasteiger partial charge in [-0.2, -0.15) is 0 Å². The lowest BCUT2D eigenvalue weighted by Crippen LogP contribution is -2.45. The number of benzene rings is 1. The van der Waals surface area contributed by atoms with E-state index in [9.17, 15) is 4.79 Å². The molecule has 3 rings (SSSR count). The maximum Gasteiger partial charge on any atom is 0.225 e. The summed E-state index contributed by atoms with van der Waals surface area (Å²) in [6.07, 6.45) is 2.25. The predicted octanol–water partition coefficient (Wildman–Crippen LogP) is 2.51. The van der Waals surface area contributed by atoms with Crippen molar-refractivity contribution < 1.29 is 14.3 Å². The summed E-state index contributed by atoms with van der Waals surface area (Å²) in [6, 6.07) is 7.51. The molecule has 0 aromatic heterocycles. The average molecular weight is 375 g/mol. The van der Waals surface area contributed by atoms with Gasteiger partial charge in [0.15, 0.2) is 0 Å². The maximum absolute atomic E-state index is 12.3. The van der Waals surface area contributed by atoms with Crippen LogP contribution in [0.15, 0.2) is 24.3 Å². The molecule has 1 unspecified atom stereocenters. The number of para-hydroxylation sites is 1. The number of amides is 1. The van der Waals surface area contributed by atoms with Gasteiger partial charge in [-0.1, -0.05) is 23.7 Å². The fourth-order valence-electron chi connectivity index (χ4n) is 3.02. The summed E-state index contributed by atoms with van der Waals surface area (Å²) in [4.78, 5) is 14.3. The van der Waals surface area contributed by atoms with Gasteiger partial charge in [-0.15, -0.1) is 12.4 Å². The van der Waals surface area contributed by atoms with Crippen LogP contribution in [0.25, 0.3) is 0 Å². The van der Waals surface area contributed by atoms with Crippen molar-refractivity contribution in [3.8, 4) is 5.75 Å². The van der Waals surface area contributed by atoms with Crippen LogP contribution in [0.5, 0.6) is 5.75 Å². The summed E-state index contributed by atoms with van der Waals surface area (Å²) in [6.45, 7) is 3.78. The van der Waals surface area contributed by atoms with Crippen molar-refractivity contribution >= 4 is 29.9 Å². The third kappa shape index (κ3) is 5.24. The van der Waals surface area contributed by atoms with Crippen LogP contribution in [0.3, 0.4) is 0 Å². The Hall–Kier alpha value is -1.01. The van der Waals surface area contributed by atoms with Gasteiger partial charge in [0.05, 0.1) is 24.2 Å². The minimum Gasteiger partial charge on any atom is -0.489 e. The fourth-order valence-corrected chi connectivity index (χ4v) is 3.20. The average Bonchev–Trinajstić information content (AvgIpc) is 2.58. The number of carbonyl (C=O) groups is 1. The zero-order valence-electron chi connectivity index (χ0n) is 13.6. The molecule has 0 radical (unpaired) electrons. The number of carbonyl (C=O) groups excluding carboxylic acids is 1. The molecular formula is C17H24Cl2N2O3. The molecule has 2 aliphatic heterocycles. The Balaban J connectivity index is 0.00000208. The molecule has 0 bridgehead atoms. The van der Waals surface area contributed by atoms with E-state index in [4.69, 9.17) is 21.1 Å². The summed E-state index contributed by atoms with van der Waals surface area (Å²) < 4.78 is 11.6. The Labute approximate surface area is 154 Å². The minimum absolute atomic E-state index is 0. The highest BCUT2D eigenvalue weighted by molar-refractivity contribution is 6.32. The monoisotopic (exact) mass is 374 g/mol. The van der Waals surface area contributed by atoms with E-state index in [0.29, 0.717) is 18.1 Å². The molecule has 1 aromatic rings. The standard InChI is InChI=1S/C17H23ClN2O3.ClH/c18-15-3-1-2-4-16(15)23-13-5-8-20(9-6-13)17(21)11-14-12-19-7-10-22-14;/h1-4,13-14,19H,5-12H2;1H. The van der Waals surface area contributed by atoms with Gasteiger partial charge in [0.25, 0.3) is 0 Å². The van der Waals surface area contributed by atoms with E-state index in [1.807, 2.05) is 29.2 Å². The molecule has 0 aliphatic carbocycles. The Morgan fingerprint density at radius 1 is 1.33 bits per heavy atom. The molecule has 1 atom stereocenters. The predicted molar refractivity (Wildman–Crippen MR) is 96.2 cm³/mol. The van der Waals surface area contributed by atoms with Gasteiger partial charge in [0.2, 0.25) is 5.91 Å². The second-order valence-electron chi connectivity index (χ2n) is 6.03. The Kier molecular flexibility index (Phi) is 7.62. The molecule has 0 spiro atoms. The molecular weight excluding hydrogens is 351 g/mol. The Morgan fingerprint density at radius 3 is 2.75 bits per heavy atom.